The molecule has 138 valence electrons. The zero-order valence-electron chi connectivity index (χ0n) is 15.4. The van der Waals surface area contributed by atoms with Crippen molar-refractivity contribution in [2.45, 2.75) is 33.1 Å². The van der Waals surface area contributed by atoms with Gasteiger partial charge in [0.1, 0.15) is 0 Å². The number of nitrogens with zero attached hydrogens (tertiary/aromatic N) is 3. The van der Waals surface area contributed by atoms with Gasteiger partial charge in [0.2, 0.25) is 0 Å². The van der Waals surface area contributed by atoms with E-state index >= 15 is 0 Å². The van der Waals surface area contributed by atoms with Crippen LogP contribution in [-0.4, -0.2) is 61.0 Å². The van der Waals surface area contributed by atoms with Crippen molar-refractivity contribution in [2.24, 2.45) is 5.73 Å². The second-order valence-electron chi connectivity index (χ2n) is 6.45. The molecule has 1 heterocycles. The van der Waals surface area contributed by atoms with E-state index in [0.717, 1.165) is 25.2 Å². The molecule has 6 heteroatoms. The highest BCUT2D eigenvalue weighted by molar-refractivity contribution is 5.94. The number of nitrogens with two attached hydrogens (primary N) is 1. The number of hydrogen-bond acceptors (Lipinski definition) is 3. The normalized spacial score (nSPS) is 15.0. The Bertz CT molecular complexity index is 573. The second-order valence-corrected chi connectivity index (χ2v) is 6.45. The van der Waals surface area contributed by atoms with Crippen LogP contribution in [0.5, 0.6) is 0 Å². The molecule has 2 N–H and O–H groups in total. The number of urea groups is 1. The average Bonchev–Trinajstić information content (AvgIpc) is 2.88. The molecule has 1 aliphatic rings. The SMILES string of the molecule is CCCCN(CC)c1ccc(C(=O)N2CCCN(C(N)=O)CC2)cc1. The van der Waals surface area contributed by atoms with Crippen LogP contribution >= 0.6 is 0 Å². The van der Waals surface area contributed by atoms with Gasteiger partial charge < -0.3 is 20.4 Å². The lowest BCUT2D eigenvalue weighted by molar-refractivity contribution is 0.0762. The number of primary amides is 1. The van der Waals surface area contributed by atoms with Gasteiger partial charge in [-0.05, 0) is 44.0 Å². The monoisotopic (exact) mass is 346 g/mol. The molecular weight excluding hydrogens is 316 g/mol. The summed E-state index contributed by atoms with van der Waals surface area (Å²) in [5.74, 6) is 0.0227. The van der Waals surface area contributed by atoms with Crippen molar-refractivity contribution < 1.29 is 9.59 Å². The first-order chi connectivity index (χ1) is 12.1. The highest BCUT2D eigenvalue weighted by Gasteiger charge is 2.21. The van der Waals surface area contributed by atoms with Gasteiger partial charge in [0, 0.05) is 50.5 Å². The number of benzene rings is 1. The topological polar surface area (TPSA) is 69.9 Å². The lowest BCUT2D eigenvalue weighted by Gasteiger charge is -2.24. The molecule has 2 rings (SSSR count). The predicted molar refractivity (Wildman–Crippen MR) is 101 cm³/mol. The number of amides is 3. The molecule has 1 saturated heterocycles. The zero-order chi connectivity index (χ0) is 18.2. The summed E-state index contributed by atoms with van der Waals surface area (Å²) in [6, 6.07) is 7.46. The molecule has 1 aromatic rings. The summed E-state index contributed by atoms with van der Waals surface area (Å²) in [4.78, 5) is 29.8. The summed E-state index contributed by atoms with van der Waals surface area (Å²) in [5.41, 5.74) is 7.19. The minimum absolute atomic E-state index is 0.0227. The van der Waals surface area contributed by atoms with Crippen LogP contribution in [-0.2, 0) is 0 Å². The van der Waals surface area contributed by atoms with Gasteiger partial charge in [0.05, 0.1) is 0 Å². The maximum Gasteiger partial charge on any atom is 0.314 e. The van der Waals surface area contributed by atoms with E-state index in [1.807, 2.05) is 29.2 Å². The van der Waals surface area contributed by atoms with Crippen molar-refractivity contribution in [1.82, 2.24) is 9.80 Å². The van der Waals surface area contributed by atoms with E-state index in [9.17, 15) is 9.59 Å². The van der Waals surface area contributed by atoms with Crippen molar-refractivity contribution in [2.75, 3.05) is 44.2 Å². The van der Waals surface area contributed by atoms with E-state index in [2.05, 4.69) is 18.7 Å². The van der Waals surface area contributed by atoms with Crippen LogP contribution in [0, 0.1) is 0 Å². The Morgan fingerprint density at radius 2 is 1.68 bits per heavy atom. The molecule has 0 atom stereocenters. The van der Waals surface area contributed by atoms with Gasteiger partial charge in [-0.1, -0.05) is 13.3 Å². The first-order valence-electron chi connectivity index (χ1n) is 9.25. The summed E-state index contributed by atoms with van der Waals surface area (Å²) in [6.07, 6.45) is 3.09. The van der Waals surface area contributed by atoms with Crippen LogP contribution in [0.3, 0.4) is 0 Å². The lowest BCUT2D eigenvalue weighted by atomic mass is 10.1. The molecule has 3 amide bonds. The molecule has 1 fully saturated rings. The number of anilines is 1. The van der Waals surface area contributed by atoms with Crippen LogP contribution in [0.15, 0.2) is 24.3 Å². The molecule has 0 bridgehead atoms. The highest BCUT2D eigenvalue weighted by Crippen LogP contribution is 2.17. The fourth-order valence-corrected chi connectivity index (χ4v) is 3.16. The summed E-state index contributed by atoms with van der Waals surface area (Å²) in [7, 11) is 0. The van der Waals surface area contributed by atoms with Gasteiger partial charge in [0.25, 0.3) is 5.91 Å². The van der Waals surface area contributed by atoms with Crippen molar-refractivity contribution >= 4 is 17.6 Å². The fraction of sp³-hybridized carbons (Fsp3) is 0.579. The Morgan fingerprint density at radius 3 is 2.28 bits per heavy atom. The Labute approximate surface area is 150 Å². The highest BCUT2D eigenvalue weighted by atomic mass is 16.2. The van der Waals surface area contributed by atoms with Crippen LogP contribution in [0.4, 0.5) is 10.5 Å². The summed E-state index contributed by atoms with van der Waals surface area (Å²) < 4.78 is 0. The standard InChI is InChI=1S/C19H30N4O2/c1-3-5-11-21(4-2)17-9-7-16(8-10-17)18(24)22-12-6-13-23(15-14-22)19(20)25/h7-10H,3-6,11-15H2,1-2H3,(H2,20,25). The molecule has 0 saturated carbocycles. The van der Waals surface area contributed by atoms with Crippen molar-refractivity contribution in [3.05, 3.63) is 29.8 Å². The molecule has 1 aliphatic heterocycles. The predicted octanol–water partition coefficient (Wildman–Crippen LogP) is 2.54. The Hall–Kier alpha value is -2.24. The van der Waals surface area contributed by atoms with Crippen molar-refractivity contribution in [3.63, 3.8) is 0 Å². The molecule has 6 nitrogen and oxygen atoms in total. The second kappa shape index (κ2) is 9.30. The van der Waals surface area contributed by atoms with E-state index < -0.39 is 6.03 Å². The number of carbonyl (C=O) groups excluding carboxylic acids is 2. The molecular formula is C19H30N4O2. The molecule has 0 unspecified atom stereocenters. The molecule has 0 aliphatic carbocycles. The van der Waals surface area contributed by atoms with Gasteiger partial charge in [0.15, 0.2) is 0 Å². The Balaban J connectivity index is 2.01. The minimum Gasteiger partial charge on any atom is -0.372 e. The van der Waals surface area contributed by atoms with Crippen LogP contribution in [0.2, 0.25) is 0 Å². The Kier molecular flexibility index (Phi) is 7.10. The van der Waals surface area contributed by atoms with Crippen LogP contribution in [0.1, 0.15) is 43.5 Å². The lowest BCUT2D eigenvalue weighted by Crippen LogP contribution is -2.39. The van der Waals surface area contributed by atoms with Crippen molar-refractivity contribution in [3.8, 4) is 0 Å². The summed E-state index contributed by atoms with van der Waals surface area (Å²) in [6.45, 7) is 8.63. The Morgan fingerprint density at radius 1 is 1.04 bits per heavy atom. The zero-order valence-corrected chi connectivity index (χ0v) is 15.4. The van der Waals surface area contributed by atoms with Crippen LogP contribution < -0.4 is 10.6 Å². The van der Waals surface area contributed by atoms with E-state index in [-0.39, 0.29) is 5.91 Å². The molecule has 0 aromatic heterocycles. The van der Waals surface area contributed by atoms with E-state index in [1.165, 1.54) is 12.8 Å². The first kappa shape index (κ1) is 19.1. The van der Waals surface area contributed by atoms with Gasteiger partial charge in [-0.25, -0.2) is 4.79 Å². The van der Waals surface area contributed by atoms with Crippen LogP contribution in [0.25, 0.3) is 0 Å². The first-order valence-corrected chi connectivity index (χ1v) is 9.25. The molecule has 1 aromatic carbocycles. The minimum atomic E-state index is -0.412. The third kappa shape index (κ3) is 5.11. The maximum atomic E-state index is 12.7. The van der Waals surface area contributed by atoms with E-state index in [0.29, 0.717) is 31.7 Å². The van der Waals surface area contributed by atoms with E-state index in [4.69, 9.17) is 5.73 Å². The average molecular weight is 346 g/mol. The third-order valence-electron chi connectivity index (χ3n) is 4.74. The van der Waals surface area contributed by atoms with E-state index in [1.54, 1.807) is 4.90 Å². The molecule has 25 heavy (non-hydrogen) atoms. The smallest absolute Gasteiger partial charge is 0.314 e. The fourth-order valence-electron chi connectivity index (χ4n) is 3.16. The number of rotatable bonds is 6. The maximum absolute atomic E-state index is 12.7. The van der Waals surface area contributed by atoms with Gasteiger partial charge in [-0.2, -0.15) is 0 Å². The van der Waals surface area contributed by atoms with Gasteiger partial charge in [-0.15, -0.1) is 0 Å². The quantitative estimate of drug-likeness (QED) is 0.860. The molecule has 0 spiro atoms. The van der Waals surface area contributed by atoms with Crippen molar-refractivity contribution in [1.29, 1.82) is 0 Å². The number of unbranched alkanes of at least 4 members (excludes halogenated alkanes) is 1. The van der Waals surface area contributed by atoms with Gasteiger partial charge in [-0.3, -0.25) is 4.79 Å². The number of carbonyl (C=O) groups is 2. The summed E-state index contributed by atoms with van der Waals surface area (Å²) in [5, 5.41) is 0. The van der Waals surface area contributed by atoms with Gasteiger partial charge >= 0.3 is 6.03 Å². The third-order valence-corrected chi connectivity index (χ3v) is 4.74. The largest absolute Gasteiger partial charge is 0.372 e. The molecule has 0 radical (unpaired) electrons. The number of hydrogen-bond donors (Lipinski definition) is 1. The summed E-state index contributed by atoms with van der Waals surface area (Å²) >= 11 is 0.